The van der Waals surface area contributed by atoms with Gasteiger partial charge >= 0.3 is 0 Å². The van der Waals surface area contributed by atoms with Gasteiger partial charge in [-0.05, 0) is 18.8 Å². The van der Waals surface area contributed by atoms with Crippen LogP contribution in [0.1, 0.15) is 25.7 Å². The quantitative estimate of drug-likeness (QED) is 0.594. The molecule has 0 radical (unpaired) electrons. The van der Waals surface area contributed by atoms with E-state index in [0.29, 0.717) is 11.2 Å². The van der Waals surface area contributed by atoms with Crippen molar-refractivity contribution in [2.75, 3.05) is 5.33 Å². The second-order valence-electron chi connectivity index (χ2n) is 2.71. The van der Waals surface area contributed by atoms with Crippen molar-refractivity contribution in [1.82, 2.24) is 0 Å². The van der Waals surface area contributed by atoms with Crippen LogP contribution in [0.5, 0.6) is 0 Å². The zero-order valence-electron chi connectivity index (χ0n) is 5.45. The highest BCUT2D eigenvalue weighted by Crippen LogP contribution is 2.29. The number of alkyl halides is 2. The fourth-order valence-electron chi connectivity index (χ4n) is 1.45. The molecule has 0 heterocycles. The first-order valence-electron chi connectivity index (χ1n) is 3.54. The van der Waals surface area contributed by atoms with Crippen LogP contribution in [0.4, 0.5) is 4.39 Å². The molecule has 9 heavy (non-hydrogen) atoms. The van der Waals surface area contributed by atoms with Gasteiger partial charge in [0.05, 0.1) is 0 Å². The summed E-state index contributed by atoms with van der Waals surface area (Å²) in [5, 5.41) is 0.525. The van der Waals surface area contributed by atoms with Gasteiger partial charge in [0.2, 0.25) is 0 Å². The van der Waals surface area contributed by atoms with Gasteiger partial charge in [-0.3, -0.25) is 0 Å². The van der Waals surface area contributed by atoms with E-state index < -0.39 is 6.17 Å². The van der Waals surface area contributed by atoms with Crippen molar-refractivity contribution in [3.63, 3.8) is 0 Å². The van der Waals surface area contributed by atoms with E-state index in [9.17, 15) is 4.39 Å². The Kier molecular flexibility index (Phi) is 2.96. The van der Waals surface area contributed by atoms with E-state index in [4.69, 9.17) is 0 Å². The lowest BCUT2D eigenvalue weighted by molar-refractivity contribution is 0.259. The van der Waals surface area contributed by atoms with Crippen molar-refractivity contribution in [3.05, 3.63) is 0 Å². The molecule has 0 saturated heterocycles. The van der Waals surface area contributed by atoms with Crippen LogP contribution in [0.3, 0.4) is 0 Å². The van der Waals surface area contributed by atoms with Gasteiger partial charge in [0.25, 0.3) is 0 Å². The zero-order valence-corrected chi connectivity index (χ0v) is 7.03. The third kappa shape index (κ3) is 1.92. The second kappa shape index (κ2) is 3.55. The molecular weight excluding hydrogens is 183 g/mol. The molecule has 1 aliphatic rings. The number of hydrogen-bond donors (Lipinski definition) is 0. The fraction of sp³-hybridized carbons (Fsp3) is 1.00. The second-order valence-corrected chi connectivity index (χ2v) is 3.36. The Bertz CT molecular complexity index is 79.0. The van der Waals surface area contributed by atoms with Crippen molar-refractivity contribution in [2.45, 2.75) is 31.9 Å². The van der Waals surface area contributed by atoms with Crippen LogP contribution >= 0.6 is 15.9 Å². The molecule has 2 heteroatoms. The fourth-order valence-corrected chi connectivity index (χ4v) is 1.97. The van der Waals surface area contributed by atoms with Crippen LogP contribution in [0.15, 0.2) is 0 Å². The smallest absolute Gasteiger partial charge is 0.113 e. The maximum absolute atomic E-state index is 12.8. The number of rotatable bonds is 2. The molecule has 0 nitrogen and oxygen atoms in total. The highest BCUT2D eigenvalue weighted by Gasteiger charge is 2.23. The first kappa shape index (κ1) is 7.52. The molecule has 0 bridgehead atoms. The molecule has 1 aliphatic carbocycles. The lowest BCUT2D eigenvalue weighted by atomic mass is 10.0. The molecule has 0 aromatic heterocycles. The Balaban J connectivity index is 2.24. The van der Waals surface area contributed by atoms with Gasteiger partial charge in [0.1, 0.15) is 6.17 Å². The van der Waals surface area contributed by atoms with Crippen LogP contribution in [0.2, 0.25) is 0 Å². The summed E-state index contributed by atoms with van der Waals surface area (Å²) < 4.78 is 12.8. The van der Waals surface area contributed by atoms with E-state index in [2.05, 4.69) is 15.9 Å². The van der Waals surface area contributed by atoms with E-state index in [1.165, 1.54) is 12.8 Å². The molecule has 0 aromatic rings. The summed E-state index contributed by atoms with van der Waals surface area (Å²) >= 11 is 3.15. The van der Waals surface area contributed by atoms with Crippen LogP contribution in [0.25, 0.3) is 0 Å². The first-order valence-corrected chi connectivity index (χ1v) is 4.67. The Hall–Kier alpha value is 0.410. The third-order valence-corrected chi connectivity index (χ3v) is 2.68. The van der Waals surface area contributed by atoms with Crippen LogP contribution < -0.4 is 0 Å². The number of hydrogen-bond acceptors (Lipinski definition) is 0. The molecule has 54 valence electrons. The largest absolute Gasteiger partial charge is 0.246 e. The summed E-state index contributed by atoms with van der Waals surface area (Å²) in [6.07, 6.45) is 4.09. The summed E-state index contributed by atoms with van der Waals surface area (Å²) in [5.74, 6) is 0.365. The molecule has 0 amide bonds. The van der Waals surface area contributed by atoms with E-state index in [1.807, 2.05) is 0 Å². The third-order valence-electron chi connectivity index (χ3n) is 2.06. The topological polar surface area (TPSA) is 0 Å². The Morgan fingerprint density at radius 3 is 2.44 bits per heavy atom. The molecule has 1 atom stereocenters. The Morgan fingerprint density at radius 2 is 2.00 bits per heavy atom. The zero-order chi connectivity index (χ0) is 6.69. The summed E-state index contributed by atoms with van der Waals surface area (Å²) in [7, 11) is 0. The Labute approximate surface area is 64.0 Å². The summed E-state index contributed by atoms with van der Waals surface area (Å²) in [6, 6.07) is 0. The van der Waals surface area contributed by atoms with Crippen molar-refractivity contribution in [3.8, 4) is 0 Å². The Morgan fingerprint density at radius 1 is 1.44 bits per heavy atom. The van der Waals surface area contributed by atoms with Crippen LogP contribution in [-0.4, -0.2) is 11.5 Å². The minimum Gasteiger partial charge on any atom is -0.246 e. The van der Waals surface area contributed by atoms with Gasteiger partial charge in [0, 0.05) is 5.33 Å². The summed E-state index contributed by atoms with van der Waals surface area (Å²) in [5.41, 5.74) is 0. The lowest BCUT2D eigenvalue weighted by Crippen LogP contribution is -2.13. The van der Waals surface area contributed by atoms with Gasteiger partial charge in [-0.15, -0.1) is 0 Å². The average Bonchev–Trinajstić information content (AvgIpc) is 2.37. The van der Waals surface area contributed by atoms with Crippen molar-refractivity contribution < 1.29 is 4.39 Å². The molecule has 0 spiro atoms. The minimum atomic E-state index is -0.590. The van der Waals surface area contributed by atoms with Crippen LogP contribution in [0, 0.1) is 5.92 Å². The molecule has 1 rings (SSSR count). The van der Waals surface area contributed by atoms with Gasteiger partial charge in [-0.1, -0.05) is 28.8 Å². The lowest BCUT2D eigenvalue weighted by Gasteiger charge is -2.10. The molecule has 1 saturated carbocycles. The molecule has 0 aliphatic heterocycles. The minimum absolute atomic E-state index is 0.365. The molecule has 1 fully saturated rings. The average molecular weight is 195 g/mol. The predicted octanol–water partition coefficient (Wildman–Crippen LogP) is 2.91. The van der Waals surface area contributed by atoms with Gasteiger partial charge < -0.3 is 0 Å². The molecule has 0 N–H and O–H groups in total. The predicted molar refractivity (Wildman–Crippen MR) is 40.6 cm³/mol. The standard InChI is InChI=1S/C7H12BrF/c8-5-7(9)6-3-1-2-4-6/h6-7H,1-5H2. The maximum Gasteiger partial charge on any atom is 0.113 e. The highest BCUT2D eigenvalue weighted by atomic mass is 79.9. The van der Waals surface area contributed by atoms with E-state index in [0.717, 1.165) is 12.8 Å². The normalized spacial score (nSPS) is 24.7. The van der Waals surface area contributed by atoms with E-state index >= 15 is 0 Å². The molecular formula is C7H12BrF. The maximum atomic E-state index is 12.8. The molecule has 1 unspecified atom stereocenters. The highest BCUT2D eigenvalue weighted by molar-refractivity contribution is 9.09. The summed E-state index contributed by atoms with van der Waals surface area (Å²) in [4.78, 5) is 0. The molecule has 0 aromatic carbocycles. The van der Waals surface area contributed by atoms with Gasteiger partial charge in [-0.25, -0.2) is 4.39 Å². The van der Waals surface area contributed by atoms with E-state index in [-0.39, 0.29) is 0 Å². The monoisotopic (exact) mass is 194 g/mol. The number of halogens is 2. The SMILES string of the molecule is FC(CBr)C1CCCC1. The van der Waals surface area contributed by atoms with Crippen molar-refractivity contribution >= 4 is 15.9 Å². The van der Waals surface area contributed by atoms with E-state index in [1.54, 1.807) is 0 Å². The summed E-state index contributed by atoms with van der Waals surface area (Å²) in [6.45, 7) is 0. The first-order chi connectivity index (χ1) is 4.34. The van der Waals surface area contributed by atoms with Crippen molar-refractivity contribution in [2.24, 2.45) is 5.92 Å². The van der Waals surface area contributed by atoms with Crippen LogP contribution in [-0.2, 0) is 0 Å². The van der Waals surface area contributed by atoms with Gasteiger partial charge in [-0.2, -0.15) is 0 Å². The van der Waals surface area contributed by atoms with Crippen molar-refractivity contribution in [1.29, 1.82) is 0 Å². The van der Waals surface area contributed by atoms with Gasteiger partial charge in [0.15, 0.2) is 0 Å².